The highest BCUT2D eigenvalue weighted by Crippen LogP contribution is 2.32. The third-order valence-corrected chi connectivity index (χ3v) is 6.48. The molecule has 4 nitrogen and oxygen atoms in total. The van der Waals surface area contributed by atoms with Crippen molar-refractivity contribution in [1.29, 1.82) is 0 Å². The number of nitrogens with zero attached hydrogens (tertiary/aromatic N) is 2. The van der Waals surface area contributed by atoms with Crippen LogP contribution < -0.4 is 0 Å². The van der Waals surface area contributed by atoms with E-state index in [1.165, 1.54) is 33.7 Å². The number of rotatable bonds is 4. The van der Waals surface area contributed by atoms with Gasteiger partial charge in [0.1, 0.15) is 0 Å². The molecule has 2 heterocycles. The Morgan fingerprint density at radius 2 is 1.00 bits per heavy atom. The maximum atomic E-state index is 5.52. The molecule has 158 valence electrons. The minimum absolute atomic E-state index is 0.842. The summed E-state index contributed by atoms with van der Waals surface area (Å²) in [5.41, 5.74) is 8.38. The van der Waals surface area contributed by atoms with Crippen molar-refractivity contribution in [2.24, 2.45) is 0 Å². The smallest absolute Gasteiger partial charge is 0.0642 e. The molecule has 2 aliphatic heterocycles. The summed E-state index contributed by atoms with van der Waals surface area (Å²) in [6.07, 6.45) is 14.1. The van der Waals surface area contributed by atoms with Crippen LogP contribution in [0.15, 0.2) is 59.0 Å². The quantitative estimate of drug-likeness (QED) is 0.739. The van der Waals surface area contributed by atoms with E-state index in [0.29, 0.717) is 0 Å². The van der Waals surface area contributed by atoms with Gasteiger partial charge < -0.3 is 19.3 Å². The number of hydrogen-bond acceptors (Lipinski definition) is 4. The van der Waals surface area contributed by atoms with Crippen LogP contribution in [-0.2, 0) is 9.47 Å². The van der Waals surface area contributed by atoms with Crippen LogP contribution >= 0.6 is 0 Å². The predicted octanol–water partition coefficient (Wildman–Crippen LogP) is 4.47. The first-order chi connectivity index (χ1) is 14.9. The minimum Gasteiger partial charge on any atom is -0.378 e. The topological polar surface area (TPSA) is 24.9 Å². The predicted molar refractivity (Wildman–Crippen MR) is 122 cm³/mol. The number of morpholine rings is 2. The lowest BCUT2D eigenvalue weighted by molar-refractivity contribution is 0.0549. The fraction of sp³-hybridized carbons (Fsp3) is 0.462. The highest BCUT2D eigenvalue weighted by atomic mass is 16.5. The lowest BCUT2D eigenvalue weighted by Gasteiger charge is -2.30. The lowest BCUT2D eigenvalue weighted by Crippen LogP contribution is -2.35. The van der Waals surface area contributed by atoms with E-state index >= 15 is 0 Å². The number of benzene rings is 1. The SMILES string of the molecule is C1=C(N2CCOCC2)/C(=C/c2ccc(/C=C3\CCC=C3N3CCOCC3)cc2)CC1. The molecule has 4 heteroatoms. The molecule has 0 atom stereocenters. The standard InChI is InChI=1S/C26H32N2O2/c1-3-23(25(5-1)27-11-15-29-16-12-27)19-21-7-9-22(10-8-21)20-24-4-2-6-26(24)28-13-17-30-18-14-28/h5-10,19-20H,1-4,11-18H2/b23-19+,24-20+. The molecule has 0 saturated carbocycles. The maximum absolute atomic E-state index is 5.52. The summed E-state index contributed by atoms with van der Waals surface area (Å²) in [5.74, 6) is 0. The van der Waals surface area contributed by atoms with Gasteiger partial charge in [0.05, 0.1) is 26.4 Å². The first-order valence-corrected chi connectivity index (χ1v) is 11.4. The molecule has 1 aromatic rings. The van der Waals surface area contributed by atoms with Crippen LogP contribution in [0, 0.1) is 0 Å². The van der Waals surface area contributed by atoms with E-state index in [1.807, 2.05) is 0 Å². The zero-order chi connectivity index (χ0) is 20.2. The third kappa shape index (κ3) is 4.40. The van der Waals surface area contributed by atoms with E-state index in [2.05, 4.69) is 58.4 Å². The Morgan fingerprint density at radius 1 is 0.600 bits per heavy atom. The fourth-order valence-corrected chi connectivity index (χ4v) is 4.90. The first-order valence-electron chi connectivity index (χ1n) is 11.4. The van der Waals surface area contributed by atoms with Crippen molar-refractivity contribution in [3.8, 4) is 0 Å². The summed E-state index contributed by atoms with van der Waals surface area (Å²) in [4.78, 5) is 4.97. The Morgan fingerprint density at radius 3 is 1.40 bits per heavy atom. The van der Waals surface area contributed by atoms with E-state index < -0.39 is 0 Å². The number of ether oxygens (including phenoxy) is 2. The second-order valence-corrected chi connectivity index (χ2v) is 8.46. The average Bonchev–Trinajstić information content (AvgIpc) is 3.46. The number of allylic oxidation sites excluding steroid dienone is 4. The first kappa shape index (κ1) is 19.7. The molecule has 2 saturated heterocycles. The molecule has 0 bridgehead atoms. The van der Waals surface area contributed by atoms with Crippen molar-refractivity contribution in [3.63, 3.8) is 0 Å². The van der Waals surface area contributed by atoms with Crippen LogP contribution in [0.2, 0.25) is 0 Å². The molecule has 2 aliphatic carbocycles. The Hall–Kier alpha value is -2.30. The van der Waals surface area contributed by atoms with Crippen LogP contribution in [0.3, 0.4) is 0 Å². The van der Waals surface area contributed by atoms with Gasteiger partial charge in [0, 0.05) is 37.6 Å². The second-order valence-electron chi connectivity index (χ2n) is 8.46. The zero-order valence-corrected chi connectivity index (χ0v) is 17.8. The molecule has 0 spiro atoms. The molecule has 0 radical (unpaired) electrons. The third-order valence-electron chi connectivity index (χ3n) is 6.48. The van der Waals surface area contributed by atoms with Gasteiger partial charge in [0.25, 0.3) is 0 Å². The molecule has 0 aromatic heterocycles. The summed E-state index contributed by atoms with van der Waals surface area (Å²) in [5, 5.41) is 0. The molecular weight excluding hydrogens is 372 g/mol. The van der Waals surface area contributed by atoms with Crippen LogP contribution in [0.5, 0.6) is 0 Å². The van der Waals surface area contributed by atoms with Crippen molar-refractivity contribution >= 4 is 12.2 Å². The Kier molecular flexibility index (Phi) is 6.05. The highest BCUT2D eigenvalue weighted by Gasteiger charge is 2.21. The Bertz CT molecular complexity index is 794. The lowest BCUT2D eigenvalue weighted by atomic mass is 10.0. The molecule has 0 N–H and O–H groups in total. The minimum atomic E-state index is 0.842. The van der Waals surface area contributed by atoms with Gasteiger partial charge in [-0.3, -0.25) is 0 Å². The van der Waals surface area contributed by atoms with Gasteiger partial charge in [-0.1, -0.05) is 36.4 Å². The van der Waals surface area contributed by atoms with Gasteiger partial charge in [-0.25, -0.2) is 0 Å². The van der Waals surface area contributed by atoms with E-state index in [-0.39, 0.29) is 0 Å². The molecule has 4 aliphatic rings. The zero-order valence-electron chi connectivity index (χ0n) is 17.8. The second kappa shape index (κ2) is 9.23. The summed E-state index contributed by atoms with van der Waals surface area (Å²) < 4.78 is 11.0. The normalized spacial score (nSPS) is 25.2. The molecule has 0 unspecified atom stereocenters. The molecule has 0 amide bonds. The van der Waals surface area contributed by atoms with Crippen LogP contribution in [0.4, 0.5) is 0 Å². The largest absolute Gasteiger partial charge is 0.378 e. The van der Waals surface area contributed by atoms with E-state index in [4.69, 9.17) is 9.47 Å². The highest BCUT2D eigenvalue weighted by molar-refractivity contribution is 5.64. The van der Waals surface area contributed by atoms with Gasteiger partial charge in [-0.15, -0.1) is 0 Å². The van der Waals surface area contributed by atoms with Gasteiger partial charge in [-0.05, 0) is 60.1 Å². The Balaban J connectivity index is 1.29. The Labute approximate surface area is 180 Å². The molecule has 2 fully saturated rings. The summed E-state index contributed by atoms with van der Waals surface area (Å²) in [7, 11) is 0. The van der Waals surface area contributed by atoms with Gasteiger partial charge in [-0.2, -0.15) is 0 Å². The molecule has 30 heavy (non-hydrogen) atoms. The summed E-state index contributed by atoms with van der Waals surface area (Å²) >= 11 is 0. The van der Waals surface area contributed by atoms with Crippen LogP contribution in [0.1, 0.15) is 36.8 Å². The van der Waals surface area contributed by atoms with Crippen LogP contribution in [0.25, 0.3) is 12.2 Å². The van der Waals surface area contributed by atoms with Crippen LogP contribution in [-0.4, -0.2) is 62.4 Å². The molecular formula is C26H32N2O2. The monoisotopic (exact) mass is 404 g/mol. The van der Waals surface area contributed by atoms with Gasteiger partial charge in [0.2, 0.25) is 0 Å². The van der Waals surface area contributed by atoms with Gasteiger partial charge in [0.15, 0.2) is 0 Å². The van der Waals surface area contributed by atoms with E-state index in [1.54, 1.807) is 0 Å². The van der Waals surface area contributed by atoms with Crippen molar-refractivity contribution < 1.29 is 9.47 Å². The van der Waals surface area contributed by atoms with Crippen molar-refractivity contribution in [2.45, 2.75) is 25.7 Å². The van der Waals surface area contributed by atoms with Gasteiger partial charge >= 0.3 is 0 Å². The summed E-state index contributed by atoms with van der Waals surface area (Å²) in [6, 6.07) is 9.06. The van der Waals surface area contributed by atoms with Crippen molar-refractivity contribution in [2.75, 3.05) is 52.6 Å². The van der Waals surface area contributed by atoms with E-state index in [0.717, 1.165) is 78.3 Å². The number of hydrogen-bond donors (Lipinski definition) is 0. The average molecular weight is 405 g/mol. The molecule has 5 rings (SSSR count). The fourth-order valence-electron chi connectivity index (χ4n) is 4.90. The summed E-state index contributed by atoms with van der Waals surface area (Å²) in [6.45, 7) is 7.40. The maximum Gasteiger partial charge on any atom is 0.0642 e. The van der Waals surface area contributed by atoms with Crippen molar-refractivity contribution in [1.82, 2.24) is 9.80 Å². The van der Waals surface area contributed by atoms with Crippen molar-refractivity contribution in [3.05, 3.63) is 70.1 Å². The molecule has 1 aromatic carbocycles. The van der Waals surface area contributed by atoms with E-state index in [9.17, 15) is 0 Å².